The maximum atomic E-state index is 5.58. The van der Waals surface area contributed by atoms with Crippen LogP contribution >= 0.6 is 0 Å². The largest absolute Gasteiger partial charge is 0.496 e. The zero-order chi connectivity index (χ0) is 18.1. The smallest absolute Gasteiger partial charge is 0.159 e. The van der Waals surface area contributed by atoms with Gasteiger partial charge in [0.25, 0.3) is 0 Å². The molecule has 5 heteroatoms. The molecule has 26 heavy (non-hydrogen) atoms. The van der Waals surface area contributed by atoms with Crippen LogP contribution in [0.2, 0.25) is 0 Å². The van der Waals surface area contributed by atoms with Crippen molar-refractivity contribution in [3.05, 3.63) is 54.0 Å². The summed E-state index contributed by atoms with van der Waals surface area (Å²) in [4.78, 5) is 11.7. The first-order valence-electron chi connectivity index (χ1n) is 9.29. The molecule has 1 saturated heterocycles. The van der Waals surface area contributed by atoms with E-state index in [9.17, 15) is 0 Å². The van der Waals surface area contributed by atoms with E-state index in [4.69, 9.17) is 9.72 Å². The van der Waals surface area contributed by atoms with E-state index in [-0.39, 0.29) is 0 Å². The van der Waals surface area contributed by atoms with Crippen LogP contribution in [0.25, 0.3) is 11.2 Å². The average Bonchev–Trinajstić information content (AvgIpc) is 2.98. The van der Waals surface area contributed by atoms with Crippen molar-refractivity contribution in [2.24, 2.45) is 13.0 Å². The van der Waals surface area contributed by atoms with Crippen molar-refractivity contribution in [2.75, 3.05) is 20.2 Å². The topological polar surface area (TPSA) is 43.2 Å². The summed E-state index contributed by atoms with van der Waals surface area (Å²) in [5.41, 5.74) is 3.27. The van der Waals surface area contributed by atoms with E-state index < -0.39 is 0 Å². The van der Waals surface area contributed by atoms with E-state index >= 15 is 0 Å². The lowest BCUT2D eigenvalue weighted by atomic mass is 9.81. The molecule has 3 aromatic rings. The summed E-state index contributed by atoms with van der Waals surface area (Å²) in [7, 11) is 3.82. The molecule has 5 nitrogen and oxygen atoms in total. The number of benzene rings is 1. The highest BCUT2D eigenvalue weighted by molar-refractivity contribution is 5.70. The van der Waals surface area contributed by atoms with Gasteiger partial charge in [0.1, 0.15) is 17.1 Å². The van der Waals surface area contributed by atoms with Crippen LogP contribution in [0.1, 0.15) is 30.7 Å². The van der Waals surface area contributed by atoms with Gasteiger partial charge in [-0.1, -0.05) is 25.1 Å². The molecule has 4 rings (SSSR count). The molecule has 1 aromatic carbocycles. The maximum Gasteiger partial charge on any atom is 0.159 e. The number of hydrogen-bond donors (Lipinski definition) is 0. The Morgan fingerprint density at radius 3 is 2.81 bits per heavy atom. The molecule has 0 spiro atoms. The van der Waals surface area contributed by atoms with Gasteiger partial charge in [0.2, 0.25) is 0 Å². The van der Waals surface area contributed by atoms with Gasteiger partial charge in [0.15, 0.2) is 5.65 Å². The number of pyridine rings is 1. The number of piperidine rings is 1. The average molecular weight is 350 g/mol. The van der Waals surface area contributed by atoms with Gasteiger partial charge in [-0.25, -0.2) is 9.97 Å². The number of para-hydroxylation sites is 1. The molecule has 2 aromatic heterocycles. The Morgan fingerprint density at radius 1 is 1.19 bits per heavy atom. The van der Waals surface area contributed by atoms with Crippen molar-refractivity contribution in [3.63, 3.8) is 0 Å². The third-order valence-electron chi connectivity index (χ3n) is 5.61. The van der Waals surface area contributed by atoms with E-state index in [1.807, 2.05) is 24.4 Å². The first-order valence-corrected chi connectivity index (χ1v) is 9.29. The number of hydrogen-bond acceptors (Lipinski definition) is 4. The van der Waals surface area contributed by atoms with Crippen LogP contribution in [0.4, 0.5) is 0 Å². The van der Waals surface area contributed by atoms with Crippen LogP contribution in [-0.2, 0) is 13.6 Å². The Labute approximate surface area is 154 Å². The van der Waals surface area contributed by atoms with Crippen molar-refractivity contribution < 1.29 is 4.74 Å². The van der Waals surface area contributed by atoms with E-state index in [2.05, 4.69) is 46.6 Å². The van der Waals surface area contributed by atoms with Gasteiger partial charge in [-0.05, 0) is 48.6 Å². The Bertz CT molecular complexity index is 904. The van der Waals surface area contributed by atoms with Gasteiger partial charge in [-0.3, -0.25) is 4.90 Å². The summed E-state index contributed by atoms with van der Waals surface area (Å²) >= 11 is 0. The molecule has 1 aliphatic heterocycles. The quantitative estimate of drug-likeness (QED) is 0.721. The molecule has 0 radical (unpaired) electrons. The summed E-state index contributed by atoms with van der Waals surface area (Å²) in [6, 6.07) is 12.4. The fraction of sp³-hybridized carbons (Fsp3) is 0.429. The number of rotatable bonds is 4. The number of nitrogens with zero attached hydrogens (tertiary/aromatic N) is 4. The van der Waals surface area contributed by atoms with Crippen LogP contribution < -0.4 is 4.74 Å². The predicted octanol–water partition coefficient (Wildman–Crippen LogP) is 3.60. The van der Waals surface area contributed by atoms with Crippen LogP contribution in [0.15, 0.2) is 42.6 Å². The van der Waals surface area contributed by atoms with Gasteiger partial charge >= 0.3 is 0 Å². The molecule has 0 N–H and O–H groups in total. The van der Waals surface area contributed by atoms with Gasteiger partial charge < -0.3 is 9.30 Å². The summed E-state index contributed by atoms with van der Waals surface area (Å²) in [6.07, 6.45) is 2.97. The third kappa shape index (κ3) is 3.07. The molecule has 0 saturated carbocycles. The number of fused-ring (bicyclic) bond motifs is 1. The first-order chi connectivity index (χ1) is 12.7. The maximum absolute atomic E-state index is 5.58. The van der Waals surface area contributed by atoms with Crippen LogP contribution in [0, 0.1) is 5.92 Å². The van der Waals surface area contributed by atoms with E-state index in [0.717, 1.165) is 48.8 Å². The van der Waals surface area contributed by atoms with Crippen molar-refractivity contribution in [1.82, 2.24) is 19.4 Å². The highest BCUT2D eigenvalue weighted by atomic mass is 16.5. The number of likely N-dealkylation sites (tertiary alicyclic amines) is 1. The fourth-order valence-electron chi connectivity index (χ4n) is 4.22. The molecule has 1 fully saturated rings. The Hall–Kier alpha value is -2.40. The molecular weight excluding hydrogens is 324 g/mol. The fourth-order valence-corrected chi connectivity index (χ4v) is 4.22. The SMILES string of the molecule is COc1ccccc1C1CCN(Cc2nc3cccnc3n2C)CC1C. The van der Waals surface area contributed by atoms with Crippen molar-refractivity contribution in [1.29, 1.82) is 0 Å². The standard InChI is InChI=1S/C21H26N4O/c1-15-13-25(12-10-16(15)17-7-4-5-9-19(17)26-3)14-20-23-18-8-6-11-22-21(18)24(20)2/h4-9,11,15-16H,10,12-14H2,1-3H3. The molecule has 2 unspecified atom stereocenters. The highest BCUT2D eigenvalue weighted by Gasteiger charge is 2.29. The zero-order valence-electron chi connectivity index (χ0n) is 15.7. The first kappa shape index (κ1) is 17.0. The normalized spacial score (nSPS) is 21.2. The van der Waals surface area contributed by atoms with E-state index in [1.54, 1.807) is 7.11 Å². The zero-order valence-corrected chi connectivity index (χ0v) is 15.7. The molecule has 136 valence electrons. The van der Waals surface area contributed by atoms with Crippen molar-refractivity contribution in [2.45, 2.75) is 25.8 Å². The second-order valence-corrected chi connectivity index (χ2v) is 7.28. The number of ether oxygens (including phenoxy) is 1. The molecule has 1 aliphatic rings. The van der Waals surface area contributed by atoms with Gasteiger partial charge in [-0.15, -0.1) is 0 Å². The monoisotopic (exact) mass is 350 g/mol. The molecule has 0 amide bonds. The molecule has 2 atom stereocenters. The van der Waals surface area contributed by atoms with Crippen LogP contribution in [0.5, 0.6) is 5.75 Å². The summed E-state index contributed by atoms with van der Waals surface area (Å²) in [6.45, 7) is 5.36. The van der Waals surface area contributed by atoms with E-state index in [1.165, 1.54) is 5.56 Å². The number of aromatic nitrogens is 3. The number of imidazole rings is 1. The second-order valence-electron chi connectivity index (χ2n) is 7.28. The molecule has 0 bridgehead atoms. The van der Waals surface area contributed by atoms with Crippen molar-refractivity contribution in [3.8, 4) is 5.75 Å². The van der Waals surface area contributed by atoms with Gasteiger partial charge in [0, 0.05) is 19.8 Å². The number of aryl methyl sites for hydroxylation is 1. The lowest BCUT2D eigenvalue weighted by molar-refractivity contribution is 0.150. The highest BCUT2D eigenvalue weighted by Crippen LogP contribution is 2.37. The lowest BCUT2D eigenvalue weighted by Gasteiger charge is -2.37. The lowest BCUT2D eigenvalue weighted by Crippen LogP contribution is -2.38. The second kappa shape index (κ2) is 7.08. The molecular formula is C21H26N4O. The summed E-state index contributed by atoms with van der Waals surface area (Å²) in [5, 5.41) is 0. The number of methoxy groups -OCH3 is 1. The Morgan fingerprint density at radius 2 is 2.04 bits per heavy atom. The molecule has 3 heterocycles. The van der Waals surface area contributed by atoms with Gasteiger partial charge in [0.05, 0.1) is 13.7 Å². The van der Waals surface area contributed by atoms with Crippen LogP contribution in [-0.4, -0.2) is 39.6 Å². The van der Waals surface area contributed by atoms with Crippen LogP contribution in [0.3, 0.4) is 0 Å². The summed E-state index contributed by atoms with van der Waals surface area (Å²) in [5.74, 6) is 3.22. The van der Waals surface area contributed by atoms with E-state index in [0.29, 0.717) is 11.8 Å². The third-order valence-corrected chi connectivity index (χ3v) is 5.61. The Balaban J connectivity index is 1.49. The Kier molecular flexibility index (Phi) is 4.64. The summed E-state index contributed by atoms with van der Waals surface area (Å²) < 4.78 is 7.70. The predicted molar refractivity (Wildman–Crippen MR) is 103 cm³/mol. The molecule has 0 aliphatic carbocycles. The van der Waals surface area contributed by atoms with Crippen molar-refractivity contribution >= 4 is 11.2 Å². The minimum atomic E-state index is 0.546. The van der Waals surface area contributed by atoms with Gasteiger partial charge in [-0.2, -0.15) is 0 Å². The minimum absolute atomic E-state index is 0.546. The minimum Gasteiger partial charge on any atom is -0.496 e.